The summed E-state index contributed by atoms with van der Waals surface area (Å²) >= 11 is 0. The minimum atomic E-state index is 0.0617. The average molecular weight is 286 g/mol. The maximum atomic E-state index is 13.0. The molecule has 0 radical (unpaired) electrons. The van der Waals surface area contributed by atoms with Gasteiger partial charge in [-0.15, -0.1) is 0 Å². The van der Waals surface area contributed by atoms with E-state index in [1.165, 1.54) is 19.3 Å². The third-order valence-corrected chi connectivity index (χ3v) is 4.04. The van der Waals surface area contributed by atoms with Crippen LogP contribution in [0.5, 0.6) is 0 Å². The fraction of sp³-hybridized carbons (Fsp3) is 1.00. The van der Waals surface area contributed by atoms with Crippen molar-refractivity contribution in [3.63, 3.8) is 0 Å². The van der Waals surface area contributed by atoms with Crippen molar-refractivity contribution in [1.29, 1.82) is 0 Å². The maximum absolute atomic E-state index is 13.0. The maximum Gasteiger partial charge on any atom is 0.0784 e. The molecular formula is C18H39NO. The molecule has 0 aromatic rings. The summed E-state index contributed by atoms with van der Waals surface area (Å²) in [5.41, 5.74) is 0. The largest absolute Gasteiger partial charge is 0.633 e. The van der Waals surface area contributed by atoms with Crippen molar-refractivity contribution in [3.05, 3.63) is 5.21 Å². The Morgan fingerprint density at radius 1 is 0.600 bits per heavy atom. The molecule has 0 atom stereocenters. The Bertz CT molecular complexity index is 187. The van der Waals surface area contributed by atoms with Gasteiger partial charge in [0, 0.05) is 0 Å². The van der Waals surface area contributed by atoms with Gasteiger partial charge in [0.2, 0.25) is 0 Å². The molecule has 0 rings (SSSR count). The van der Waals surface area contributed by atoms with Crippen LogP contribution in [0.3, 0.4) is 0 Å². The minimum Gasteiger partial charge on any atom is -0.633 e. The van der Waals surface area contributed by atoms with Crippen LogP contribution in [-0.2, 0) is 0 Å². The predicted molar refractivity (Wildman–Crippen MR) is 90.4 cm³/mol. The topological polar surface area (TPSA) is 23.1 Å². The van der Waals surface area contributed by atoms with Gasteiger partial charge in [0.05, 0.1) is 19.6 Å². The molecule has 0 heterocycles. The lowest BCUT2D eigenvalue weighted by Crippen LogP contribution is -2.44. The number of nitrogens with zero attached hydrogens (tertiary/aromatic N) is 1. The molecule has 0 aromatic heterocycles. The van der Waals surface area contributed by atoms with Crippen LogP contribution in [-0.4, -0.2) is 24.3 Å². The third kappa shape index (κ3) is 11.7. The first-order chi connectivity index (χ1) is 9.25. The van der Waals surface area contributed by atoms with E-state index >= 15 is 0 Å². The van der Waals surface area contributed by atoms with Gasteiger partial charge in [0.1, 0.15) is 0 Å². The van der Waals surface area contributed by atoms with Crippen molar-refractivity contribution in [3.8, 4) is 0 Å². The molecule has 0 spiro atoms. The Balaban J connectivity index is 4.18. The summed E-state index contributed by atoms with van der Waals surface area (Å²) < 4.78 is 0.0617. The second kappa shape index (κ2) is 10.6. The molecule has 0 aliphatic rings. The van der Waals surface area contributed by atoms with E-state index in [2.05, 4.69) is 41.5 Å². The molecule has 122 valence electrons. The van der Waals surface area contributed by atoms with Crippen LogP contribution in [0.15, 0.2) is 0 Å². The highest BCUT2D eigenvalue weighted by Gasteiger charge is 2.17. The molecule has 0 fully saturated rings. The lowest BCUT2D eigenvalue weighted by Gasteiger charge is -2.43. The Labute approximate surface area is 128 Å². The van der Waals surface area contributed by atoms with Crippen LogP contribution in [0.4, 0.5) is 0 Å². The zero-order chi connectivity index (χ0) is 15.6. The fourth-order valence-corrected chi connectivity index (χ4v) is 2.70. The van der Waals surface area contributed by atoms with E-state index in [-0.39, 0.29) is 4.65 Å². The monoisotopic (exact) mass is 285 g/mol. The van der Waals surface area contributed by atoms with E-state index in [0.717, 1.165) is 56.7 Å². The van der Waals surface area contributed by atoms with Crippen LogP contribution < -0.4 is 0 Å². The van der Waals surface area contributed by atoms with Gasteiger partial charge in [0.15, 0.2) is 0 Å². The van der Waals surface area contributed by atoms with Crippen LogP contribution >= 0.6 is 0 Å². The summed E-state index contributed by atoms with van der Waals surface area (Å²) in [4.78, 5) is 0. The lowest BCUT2D eigenvalue weighted by atomic mass is 10.0. The average Bonchev–Trinajstić information content (AvgIpc) is 2.27. The summed E-state index contributed by atoms with van der Waals surface area (Å²) in [6, 6.07) is 0. The molecule has 0 bridgehead atoms. The van der Waals surface area contributed by atoms with Gasteiger partial charge >= 0.3 is 0 Å². The standard InChI is InChI=1S/C18H39NO/c1-16(2)10-7-13-19(20,14-8-11-17(3)4)15-9-12-18(5)6/h16-18H,7-15H2,1-6H3. The molecule has 0 saturated carbocycles. The molecule has 0 N–H and O–H groups in total. The quantitative estimate of drug-likeness (QED) is 0.337. The Kier molecular flexibility index (Phi) is 10.6. The van der Waals surface area contributed by atoms with Gasteiger partial charge in [0.25, 0.3) is 0 Å². The highest BCUT2D eigenvalue weighted by atomic mass is 16.5. The molecular weight excluding hydrogens is 246 g/mol. The molecule has 0 saturated heterocycles. The van der Waals surface area contributed by atoms with Crippen LogP contribution in [0.1, 0.15) is 80.1 Å². The van der Waals surface area contributed by atoms with E-state index < -0.39 is 0 Å². The van der Waals surface area contributed by atoms with Gasteiger partial charge < -0.3 is 9.85 Å². The van der Waals surface area contributed by atoms with Gasteiger partial charge in [-0.2, -0.15) is 0 Å². The Morgan fingerprint density at radius 2 is 0.850 bits per heavy atom. The summed E-state index contributed by atoms with van der Waals surface area (Å²) in [5, 5.41) is 13.0. The second-order valence-electron chi connectivity index (χ2n) is 7.84. The molecule has 0 unspecified atom stereocenters. The van der Waals surface area contributed by atoms with E-state index in [4.69, 9.17) is 0 Å². The van der Waals surface area contributed by atoms with E-state index in [9.17, 15) is 5.21 Å². The van der Waals surface area contributed by atoms with Gasteiger partial charge in [-0.25, -0.2) is 0 Å². The number of hydroxylamine groups is 3. The van der Waals surface area contributed by atoms with Crippen molar-refractivity contribution in [1.82, 2.24) is 0 Å². The number of quaternary nitrogens is 1. The molecule has 0 aliphatic heterocycles. The first-order valence-corrected chi connectivity index (χ1v) is 8.82. The van der Waals surface area contributed by atoms with Crippen LogP contribution in [0.2, 0.25) is 0 Å². The molecule has 2 nitrogen and oxygen atoms in total. The molecule has 20 heavy (non-hydrogen) atoms. The third-order valence-electron chi connectivity index (χ3n) is 4.04. The van der Waals surface area contributed by atoms with Crippen molar-refractivity contribution in [2.75, 3.05) is 19.6 Å². The summed E-state index contributed by atoms with van der Waals surface area (Å²) in [7, 11) is 0. The lowest BCUT2D eigenvalue weighted by molar-refractivity contribution is -0.881. The second-order valence-corrected chi connectivity index (χ2v) is 7.84. The Morgan fingerprint density at radius 3 is 1.05 bits per heavy atom. The van der Waals surface area contributed by atoms with E-state index in [1.807, 2.05) is 0 Å². The molecule has 0 aromatic carbocycles. The zero-order valence-corrected chi connectivity index (χ0v) is 15.0. The molecule has 0 aliphatic carbocycles. The summed E-state index contributed by atoms with van der Waals surface area (Å²) in [6.07, 6.45) is 6.84. The molecule has 0 amide bonds. The predicted octanol–water partition coefficient (Wildman–Crippen LogP) is 5.61. The SMILES string of the molecule is CC(C)CCC[N+]([O-])(CCCC(C)C)CCCC(C)C. The van der Waals surface area contributed by atoms with E-state index in [1.54, 1.807) is 0 Å². The van der Waals surface area contributed by atoms with Gasteiger partial charge in [-0.05, 0) is 56.3 Å². The summed E-state index contributed by atoms with van der Waals surface area (Å²) in [6.45, 7) is 16.0. The van der Waals surface area contributed by atoms with E-state index in [0.29, 0.717) is 0 Å². The zero-order valence-electron chi connectivity index (χ0n) is 15.0. The first kappa shape index (κ1) is 19.9. The Hall–Kier alpha value is -0.0800. The minimum absolute atomic E-state index is 0.0617. The van der Waals surface area contributed by atoms with Crippen molar-refractivity contribution in [2.24, 2.45) is 17.8 Å². The normalized spacial score (nSPS) is 12.9. The number of rotatable bonds is 12. The highest BCUT2D eigenvalue weighted by Crippen LogP contribution is 2.17. The number of hydrogen-bond acceptors (Lipinski definition) is 1. The van der Waals surface area contributed by atoms with Crippen molar-refractivity contribution in [2.45, 2.75) is 80.1 Å². The van der Waals surface area contributed by atoms with Crippen molar-refractivity contribution >= 4 is 0 Å². The number of hydrogen-bond donors (Lipinski definition) is 0. The van der Waals surface area contributed by atoms with Crippen LogP contribution in [0.25, 0.3) is 0 Å². The molecule has 2 heteroatoms. The van der Waals surface area contributed by atoms with Crippen molar-refractivity contribution < 1.29 is 4.65 Å². The summed E-state index contributed by atoms with van der Waals surface area (Å²) in [5.74, 6) is 2.15. The van der Waals surface area contributed by atoms with Gasteiger partial charge in [-0.3, -0.25) is 0 Å². The first-order valence-electron chi connectivity index (χ1n) is 8.82. The van der Waals surface area contributed by atoms with Crippen LogP contribution in [0, 0.1) is 23.0 Å². The fourth-order valence-electron chi connectivity index (χ4n) is 2.70. The van der Waals surface area contributed by atoms with Gasteiger partial charge in [-0.1, -0.05) is 41.5 Å². The smallest absolute Gasteiger partial charge is 0.0784 e. The highest BCUT2D eigenvalue weighted by molar-refractivity contribution is 4.54.